The molecule has 2 N–H and O–H groups in total. The van der Waals surface area contributed by atoms with E-state index in [1.165, 1.54) is 0 Å². The number of nitrogen functional groups attached to an aromatic ring is 1. The molecule has 0 amide bonds. The van der Waals surface area contributed by atoms with Gasteiger partial charge in [0.25, 0.3) is 0 Å². The van der Waals surface area contributed by atoms with Gasteiger partial charge in [-0.3, -0.25) is 0 Å². The van der Waals surface area contributed by atoms with E-state index in [1.54, 1.807) is 11.3 Å². The second-order valence-corrected chi connectivity index (χ2v) is 3.84. The average Bonchev–Trinajstić information content (AvgIpc) is 2.62. The smallest absolute Gasteiger partial charge is 0.191 e. The molecule has 2 aromatic heterocycles. The van der Waals surface area contributed by atoms with Crippen LogP contribution in [0.4, 0.5) is 5.82 Å². The van der Waals surface area contributed by atoms with Gasteiger partial charge >= 0.3 is 0 Å². The molecule has 0 radical (unpaired) electrons. The minimum atomic E-state index is 0.431. The Hall–Kier alpha value is -1.36. The van der Waals surface area contributed by atoms with Gasteiger partial charge in [-0.05, 0) is 13.8 Å². The normalized spacial score (nSPS) is 10.6. The zero-order valence-corrected chi connectivity index (χ0v) is 8.18. The first-order valence-corrected chi connectivity index (χ1v) is 4.70. The Morgan fingerprint density at radius 1 is 1.46 bits per heavy atom. The molecule has 68 valence electrons. The standard InChI is InChI=1S/C8H9N3OS/c1-4-7(12-11-8(4)9)6-3-13-5(2)10-6/h3H,1-2H3,(H2,9,11). The summed E-state index contributed by atoms with van der Waals surface area (Å²) in [7, 11) is 0. The van der Waals surface area contributed by atoms with E-state index in [1.807, 2.05) is 19.2 Å². The van der Waals surface area contributed by atoms with Crippen molar-refractivity contribution in [1.29, 1.82) is 0 Å². The van der Waals surface area contributed by atoms with Gasteiger partial charge in [-0.25, -0.2) is 4.98 Å². The third kappa shape index (κ3) is 1.31. The molecular weight excluding hydrogens is 186 g/mol. The number of thiazole rings is 1. The molecule has 0 aliphatic carbocycles. The summed E-state index contributed by atoms with van der Waals surface area (Å²) in [5, 5.41) is 6.61. The molecule has 2 heterocycles. The molecule has 0 aliphatic heterocycles. The molecule has 0 saturated carbocycles. The Morgan fingerprint density at radius 2 is 2.23 bits per heavy atom. The molecule has 0 bridgehead atoms. The van der Waals surface area contributed by atoms with Crippen molar-refractivity contribution < 1.29 is 4.52 Å². The first kappa shape index (κ1) is 8.25. The first-order chi connectivity index (χ1) is 6.18. The lowest BCUT2D eigenvalue weighted by Crippen LogP contribution is -1.86. The van der Waals surface area contributed by atoms with E-state index in [0.717, 1.165) is 16.3 Å². The Morgan fingerprint density at radius 3 is 2.69 bits per heavy atom. The summed E-state index contributed by atoms with van der Waals surface area (Å²) >= 11 is 1.58. The fourth-order valence-corrected chi connectivity index (χ4v) is 1.65. The van der Waals surface area contributed by atoms with Crippen LogP contribution in [0.3, 0.4) is 0 Å². The van der Waals surface area contributed by atoms with E-state index in [4.69, 9.17) is 10.3 Å². The number of rotatable bonds is 1. The summed E-state index contributed by atoms with van der Waals surface area (Å²) < 4.78 is 5.06. The van der Waals surface area contributed by atoms with E-state index >= 15 is 0 Å². The minimum absolute atomic E-state index is 0.431. The maximum atomic E-state index is 5.56. The van der Waals surface area contributed by atoms with Crippen LogP contribution in [0.2, 0.25) is 0 Å². The van der Waals surface area contributed by atoms with Crippen LogP contribution in [0.5, 0.6) is 0 Å². The lowest BCUT2D eigenvalue weighted by Gasteiger charge is -1.89. The van der Waals surface area contributed by atoms with Gasteiger partial charge in [-0.15, -0.1) is 11.3 Å². The van der Waals surface area contributed by atoms with Crippen LogP contribution in [0.1, 0.15) is 10.6 Å². The Bertz CT molecular complexity index is 432. The maximum Gasteiger partial charge on any atom is 0.191 e. The lowest BCUT2D eigenvalue weighted by atomic mass is 10.2. The highest BCUT2D eigenvalue weighted by Crippen LogP contribution is 2.27. The Balaban J connectivity index is 2.52. The molecule has 5 heteroatoms. The summed E-state index contributed by atoms with van der Waals surface area (Å²) in [6.07, 6.45) is 0. The molecule has 0 aliphatic rings. The second-order valence-electron chi connectivity index (χ2n) is 2.77. The summed E-state index contributed by atoms with van der Waals surface area (Å²) in [5.74, 6) is 1.10. The van der Waals surface area contributed by atoms with Crippen molar-refractivity contribution in [3.63, 3.8) is 0 Å². The van der Waals surface area contributed by atoms with E-state index < -0.39 is 0 Å². The van der Waals surface area contributed by atoms with Gasteiger partial charge in [0.05, 0.1) is 5.01 Å². The van der Waals surface area contributed by atoms with Gasteiger partial charge in [0.2, 0.25) is 0 Å². The number of aryl methyl sites for hydroxylation is 1. The lowest BCUT2D eigenvalue weighted by molar-refractivity contribution is 0.434. The maximum absolute atomic E-state index is 5.56. The van der Waals surface area contributed by atoms with Crippen LogP contribution in [-0.2, 0) is 0 Å². The summed E-state index contributed by atoms with van der Waals surface area (Å²) in [5.41, 5.74) is 7.22. The van der Waals surface area contributed by atoms with Crippen LogP contribution < -0.4 is 5.73 Å². The van der Waals surface area contributed by atoms with Crippen LogP contribution in [0.25, 0.3) is 11.5 Å². The van der Waals surface area contributed by atoms with Crippen LogP contribution >= 0.6 is 11.3 Å². The summed E-state index contributed by atoms with van der Waals surface area (Å²) in [6, 6.07) is 0. The van der Waals surface area contributed by atoms with Gasteiger partial charge < -0.3 is 10.3 Å². The van der Waals surface area contributed by atoms with E-state index in [2.05, 4.69) is 10.1 Å². The van der Waals surface area contributed by atoms with Gasteiger partial charge in [0.1, 0.15) is 5.69 Å². The van der Waals surface area contributed by atoms with E-state index in [9.17, 15) is 0 Å². The number of nitrogens with zero attached hydrogens (tertiary/aromatic N) is 2. The molecule has 2 aromatic rings. The molecule has 0 unspecified atom stereocenters. The van der Waals surface area contributed by atoms with Crippen molar-refractivity contribution >= 4 is 17.2 Å². The highest BCUT2D eigenvalue weighted by atomic mass is 32.1. The van der Waals surface area contributed by atoms with Gasteiger partial charge in [0, 0.05) is 10.9 Å². The predicted octanol–water partition coefficient (Wildman–Crippen LogP) is 2.00. The number of nitrogens with two attached hydrogens (primary N) is 1. The fraction of sp³-hybridized carbons (Fsp3) is 0.250. The number of anilines is 1. The molecular formula is C8H9N3OS. The van der Waals surface area contributed by atoms with Gasteiger partial charge in [-0.1, -0.05) is 5.16 Å². The van der Waals surface area contributed by atoms with Crippen molar-refractivity contribution in [1.82, 2.24) is 10.1 Å². The summed E-state index contributed by atoms with van der Waals surface area (Å²) in [6.45, 7) is 3.82. The molecule has 0 atom stereocenters. The number of hydrogen-bond acceptors (Lipinski definition) is 5. The van der Waals surface area contributed by atoms with Gasteiger partial charge in [-0.2, -0.15) is 0 Å². The fourth-order valence-electron chi connectivity index (χ4n) is 1.05. The zero-order chi connectivity index (χ0) is 9.42. The highest BCUT2D eigenvalue weighted by Gasteiger charge is 2.13. The van der Waals surface area contributed by atoms with Crippen molar-refractivity contribution in [3.8, 4) is 11.5 Å². The van der Waals surface area contributed by atoms with Crippen LogP contribution in [0, 0.1) is 13.8 Å². The largest absolute Gasteiger partial charge is 0.381 e. The molecule has 0 aromatic carbocycles. The van der Waals surface area contributed by atoms with E-state index in [0.29, 0.717) is 11.6 Å². The van der Waals surface area contributed by atoms with Crippen molar-refractivity contribution in [2.45, 2.75) is 13.8 Å². The monoisotopic (exact) mass is 195 g/mol. The van der Waals surface area contributed by atoms with Crippen LogP contribution in [0.15, 0.2) is 9.90 Å². The summed E-state index contributed by atoms with van der Waals surface area (Å²) in [4.78, 5) is 4.28. The molecule has 4 nitrogen and oxygen atoms in total. The van der Waals surface area contributed by atoms with E-state index in [-0.39, 0.29) is 0 Å². The van der Waals surface area contributed by atoms with Gasteiger partial charge in [0.15, 0.2) is 11.6 Å². The molecule has 2 rings (SSSR count). The molecule has 13 heavy (non-hydrogen) atoms. The molecule has 0 saturated heterocycles. The third-order valence-electron chi connectivity index (χ3n) is 1.81. The van der Waals surface area contributed by atoms with Crippen molar-refractivity contribution in [2.75, 3.05) is 5.73 Å². The molecule has 0 spiro atoms. The second kappa shape index (κ2) is 2.85. The average molecular weight is 195 g/mol. The number of aromatic nitrogens is 2. The molecule has 0 fully saturated rings. The first-order valence-electron chi connectivity index (χ1n) is 3.82. The van der Waals surface area contributed by atoms with Crippen molar-refractivity contribution in [2.24, 2.45) is 0 Å². The zero-order valence-electron chi connectivity index (χ0n) is 7.37. The minimum Gasteiger partial charge on any atom is -0.381 e. The highest BCUT2D eigenvalue weighted by molar-refractivity contribution is 7.09. The van der Waals surface area contributed by atoms with Crippen LogP contribution in [-0.4, -0.2) is 10.1 Å². The van der Waals surface area contributed by atoms with Crippen molar-refractivity contribution in [3.05, 3.63) is 16.0 Å². The Labute approximate surface area is 79.4 Å². The number of hydrogen-bond donors (Lipinski definition) is 1. The third-order valence-corrected chi connectivity index (χ3v) is 2.59. The topological polar surface area (TPSA) is 64.9 Å². The predicted molar refractivity (Wildman–Crippen MR) is 51.5 cm³/mol. The Kier molecular flexibility index (Phi) is 1.81. The SMILES string of the molecule is Cc1nc(-c2onc(N)c2C)cs1. The quantitative estimate of drug-likeness (QED) is 0.755.